The molecule has 0 aromatic carbocycles. The molecule has 126 valence electrons. The number of hydrogen-bond acceptors (Lipinski definition) is 3. The molecule has 0 bridgehead atoms. The van der Waals surface area contributed by atoms with Crippen LogP contribution >= 0.6 is 0 Å². The lowest BCUT2D eigenvalue weighted by molar-refractivity contribution is 0.153. The molecule has 3 atom stereocenters. The van der Waals surface area contributed by atoms with Gasteiger partial charge in [-0.05, 0) is 32.2 Å². The number of aliphatic hydroxyl groups excluding tert-OH is 1. The van der Waals surface area contributed by atoms with Crippen LogP contribution in [0.3, 0.4) is 0 Å². The summed E-state index contributed by atoms with van der Waals surface area (Å²) in [6, 6.07) is 0.684. The molecule has 0 saturated carbocycles. The lowest BCUT2D eigenvalue weighted by Crippen LogP contribution is -2.30. The molecule has 1 fully saturated rings. The van der Waals surface area contributed by atoms with Crippen LogP contribution in [0.4, 0.5) is 0 Å². The molecule has 1 saturated heterocycles. The van der Waals surface area contributed by atoms with E-state index in [1.807, 2.05) is 0 Å². The zero-order valence-electron chi connectivity index (χ0n) is 14.2. The molecule has 4 N–H and O–H groups in total. The van der Waals surface area contributed by atoms with E-state index in [2.05, 4.69) is 12.2 Å². The van der Waals surface area contributed by atoms with Crippen molar-refractivity contribution in [3.63, 3.8) is 0 Å². The van der Waals surface area contributed by atoms with Crippen LogP contribution in [0.1, 0.15) is 90.4 Å². The molecule has 1 aliphatic rings. The Morgan fingerprint density at radius 1 is 1.00 bits per heavy atom. The summed E-state index contributed by atoms with van der Waals surface area (Å²) in [5, 5.41) is 13.1. The van der Waals surface area contributed by atoms with E-state index in [-0.39, 0.29) is 6.10 Å². The SMILES string of the molecule is CCCCCCCCCCC(N)CCC[C@H]1NCC[C@@H]1O. The van der Waals surface area contributed by atoms with Gasteiger partial charge >= 0.3 is 0 Å². The largest absolute Gasteiger partial charge is 0.391 e. The average Bonchev–Trinajstić information content (AvgIpc) is 2.87. The monoisotopic (exact) mass is 298 g/mol. The molecule has 3 nitrogen and oxygen atoms in total. The lowest BCUT2D eigenvalue weighted by Gasteiger charge is -2.16. The predicted molar refractivity (Wildman–Crippen MR) is 91.5 cm³/mol. The van der Waals surface area contributed by atoms with Crippen LogP contribution in [0.2, 0.25) is 0 Å². The molecule has 21 heavy (non-hydrogen) atoms. The maximum absolute atomic E-state index is 9.74. The van der Waals surface area contributed by atoms with Gasteiger partial charge < -0.3 is 16.2 Å². The fraction of sp³-hybridized carbons (Fsp3) is 1.00. The first-order valence-electron chi connectivity index (χ1n) is 9.41. The zero-order chi connectivity index (χ0) is 15.3. The minimum absolute atomic E-state index is 0.131. The van der Waals surface area contributed by atoms with Gasteiger partial charge in [0.15, 0.2) is 0 Å². The van der Waals surface area contributed by atoms with Crippen molar-refractivity contribution in [3.05, 3.63) is 0 Å². The van der Waals surface area contributed by atoms with E-state index >= 15 is 0 Å². The number of hydrogen-bond donors (Lipinski definition) is 3. The van der Waals surface area contributed by atoms with Crippen LogP contribution in [0, 0.1) is 0 Å². The second-order valence-electron chi connectivity index (χ2n) is 6.87. The molecule has 0 amide bonds. The second-order valence-corrected chi connectivity index (χ2v) is 6.87. The summed E-state index contributed by atoms with van der Waals surface area (Å²) in [6.07, 6.45) is 16.3. The Bertz CT molecular complexity index is 235. The minimum Gasteiger partial charge on any atom is -0.391 e. The highest BCUT2D eigenvalue weighted by atomic mass is 16.3. The predicted octanol–water partition coefficient (Wildman–Crippen LogP) is 3.74. The summed E-state index contributed by atoms with van der Waals surface area (Å²) in [4.78, 5) is 0. The average molecular weight is 299 g/mol. The van der Waals surface area contributed by atoms with Crippen molar-refractivity contribution in [1.29, 1.82) is 0 Å². The Kier molecular flexibility index (Phi) is 11.2. The van der Waals surface area contributed by atoms with E-state index in [0.717, 1.165) is 32.2 Å². The maximum atomic E-state index is 9.74. The van der Waals surface area contributed by atoms with Gasteiger partial charge in [-0.2, -0.15) is 0 Å². The number of nitrogens with one attached hydrogen (secondary N) is 1. The lowest BCUT2D eigenvalue weighted by atomic mass is 9.99. The first-order chi connectivity index (χ1) is 10.2. The molecule has 1 unspecified atom stereocenters. The topological polar surface area (TPSA) is 58.3 Å². The van der Waals surface area contributed by atoms with Gasteiger partial charge in [0.05, 0.1) is 6.10 Å². The van der Waals surface area contributed by atoms with Crippen LogP contribution in [-0.4, -0.2) is 29.8 Å². The Hall–Kier alpha value is -0.120. The van der Waals surface area contributed by atoms with Gasteiger partial charge in [-0.15, -0.1) is 0 Å². The van der Waals surface area contributed by atoms with E-state index in [1.165, 1.54) is 57.8 Å². The molecule has 0 spiro atoms. The summed E-state index contributed by atoms with van der Waals surface area (Å²) in [5.74, 6) is 0. The summed E-state index contributed by atoms with van der Waals surface area (Å²) in [6.45, 7) is 3.24. The van der Waals surface area contributed by atoms with Crippen molar-refractivity contribution in [2.24, 2.45) is 5.73 Å². The Morgan fingerprint density at radius 2 is 1.62 bits per heavy atom. The Balaban J connectivity index is 1.84. The number of nitrogens with two attached hydrogens (primary N) is 1. The van der Waals surface area contributed by atoms with Crippen LogP contribution in [0.5, 0.6) is 0 Å². The fourth-order valence-electron chi connectivity index (χ4n) is 3.33. The van der Waals surface area contributed by atoms with Gasteiger partial charge in [-0.1, -0.05) is 64.7 Å². The summed E-state index contributed by atoms with van der Waals surface area (Å²) < 4.78 is 0. The maximum Gasteiger partial charge on any atom is 0.0705 e. The zero-order valence-corrected chi connectivity index (χ0v) is 14.2. The molecule has 3 heteroatoms. The molecular weight excluding hydrogens is 260 g/mol. The normalized spacial score (nSPS) is 23.6. The second kappa shape index (κ2) is 12.4. The number of unbranched alkanes of at least 4 members (excludes halogenated alkanes) is 7. The molecular formula is C18H38N2O. The van der Waals surface area contributed by atoms with Gasteiger partial charge in [0.1, 0.15) is 0 Å². The molecule has 1 aliphatic heterocycles. The van der Waals surface area contributed by atoms with Crippen LogP contribution in [-0.2, 0) is 0 Å². The van der Waals surface area contributed by atoms with Gasteiger partial charge in [0.25, 0.3) is 0 Å². The number of aliphatic hydroxyl groups is 1. The van der Waals surface area contributed by atoms with Crippen molar-refractivity contribution >= 4 is 0 Å². The first kappa shape index (κ1) is 18.9. The fourth-order valence-corrected chi connectivity index (χ4v) is 3.33. The van der Waals surface area contributed by atoms with E-state index in [4.69, 9.17) is 5.73 Å². The third-order valence-corrected chi connectivity index (χ3v) is 4.83. The van der Waals surface area contributed by atoms with Gasteiger partial charge in [-0.25, -0.2) is 0 Å². The van der Waals surface area contributed by atoms with Crippen LogP contribution in [0.15, 0.2) is 0 Å². The highest BCUT2D eigenvalue weighted by molar-refractivity contribution is 4.83. The van der Waals surface area contributed by atoms with Crippen LogP contribution in [0.25, 0.3) is 0 Å². The minimum atomic E-state index is -0.131. The summed E-state index contributed by atoms with van der Waals surface area (Å²) >= 11 is 0. The van der Waals surface area contributed by atoms with E-state index in [9.17, 15) is 5.11 Å². The third-order valence-electron chi connectivity index (χ3n) is 4.83. The molecule has 1 heterocycles. The van der Waals surface area contributed by atoms with Gasteiger partial charge in [-0.3, -0.25) is 0 Å². The summed E-state index contributed by atoms with van der Waals surface area (Å²) in [7, 11) is 0. The summed E-state index contributed by atoms with van der Waals surface area (Å²) in [5.41, 5.74) is 6.19. The Morgan fingerprint density at radius 3 is 2.24 bits per heavy atom. The van der Waals surface area contributed by atoms with Crippen LogP contribution < -0.4 is 11.1 Å². The van der Waals surface area contributed by atoms with Gasteiger partial charge in [0.2, 0.25) is 0 Å². The quantitative estimate of drug-likeness (QED) is 0.454. The van der Waals surface area contributed by atoms with Crippen molar-refractivity contribution in [1.82, 2.24) is 5.32 Å². The Labute approximate surface area is 132 Å². The molecule has 0 radical (unpaired) electrons. The molecule has 0 aliphatic carbocycles. The third kappa shape index (κ3) is 9.49. The molecule has 0 aromatic heterocycles. The molecule has 0 aromatic rings. The van der Waals surface area contributed by atoms with Gasteiger partial charge in [0, 0.05) is 12.1 Å². The van der Waals surface area contributed by atoms with E-state index < -0.39 is 0 Å². The first-order valence-corrected chi connectivity index (χ1v) is 9.41. The van der Waals surface area contributed by atoms with Crippen molar-refractivity contribution in [3.8, 4) is 0 Å². The van der Waals surface area contributed by atoms with E-state index in [0.29, 0.717) is 12.1 Å². The van der Waals surface area contributed by atoms with Crippen molar-refractivity contribution in [2.45, 2.75) is 109 Å². The highest BCUT2D eigenvalue weighted by Crippen LogP contribution is 2.16. The standard InChI is InChI=1S/C18H38N2O/c1-2-3-4-5-6-7-8-9-11-16(19)12-10-13-17-18(21)14-15-20-17/h16-18,20-21H,2-15,19H2,1H3/t16?,17-,18+/m1/s1. The van der Waals surface area contributed by atoms with E-state index in [1.54, 1.807) is 0 Å². The molecule has 1 rings (SSSR count). The van der Waals surface area contributed by atoms with Crippen molar-refractivity contribution in [2.75, 3.05) is 6.54 Å². The highest BCUT2D eigenvalue weighted by Gasteiger charge is 2.23. The number of rotatable bonds is 13. The smallest absolute Gasteiger partial charge is 0.0705 e. The van der Waals surface area contributed by atoms with Crippen molar-refractivity contribution < 1.29 is 5.11 Å².